The summed E-state index contributed by atoms with van der Waals surface area (Å²) in [5.41, 5.74) is 3.64. The average molecular weight is 245 g/mol. The van der Waals surface area contributed by atoms with Gasteiger partial charge < -0.3 is 4.74 Å². The molecular weight excluding hydrogens is 222 g/mol. The molecule has 0 spiro atoms. The van der Waals surface area contributed by atoms with Crippen molar-refractivity contribution in [2.24, 2.45) is 5.92 Å². The number of ether oxygens (including phenoxy) is 1. The summed E-state index contributed by atoms with van der Waals surface area (Å²) >= 11 is 0. The number of aromatic nitrogens is 1. The molecule has 98 valence electrons. The van der Waals surface area contributed by atoms with Crippen LogP contribution < -0.4 is 0 Å². The van der Waals surface area contributed by atoms with Crippen LogP contribution in [0.25, 0.3) is 5.57 Å². The van der Waals surface area contributed by atoms with E-state index < -0.39 is 0 Å². The summed E-state index contributed by atoms with van der Waals surface area (Å²) < 4.78 is 5.75. The first-order valence-corrected chi connectivity index (χ1v) is 7.01. The molecule has 0 saturated carbocycles. The third-order valence-corrected chi connectivity index (χ3v) is 3.58. The van der Waals surface area contributed by atoms with E-state index in [0.29, 0.717) is 5.92 Å². The van der Waals surface area contributed by atoms with Crippen LogP contribution in [0.3, 0.4) is 0 Å². The maximum absolute atomic E-state index is 5.75. The lowest BCUT2D eigenvalue weighted by Gasteiger charge is -2.14. The summed E-state index contributed by atoms with van der Waals surface area (Å²) in [7, 11) is 0. The lowest BCUT2D eigenvalue weighted by Crippen LogP contribution is -2.10. The van der Waals surface area contributed by atoms with Crippen LogP contribution in [0.2, 0.25) is 0 Å². The predicted molar refractivity (Wildman–Crippen MR) is 75.4 cm³/mol. The number of allylic oxidation sites excluding steroid dienone is 1. The summed E-state index contributed by atoms with van der Waals surface area (Å²) in [6.45, 7) is 8.15. The third-order valence-electron chi connectivity index (χ3n) is 3.58. The van der Waals surface area contributed by atoms with Crippen LogP contribution in [-0.4, -0.2) is 18.2 Å². The minimum Gasteiger partial charge on any atom is -0.381 e. The molecule has 1 aromatic rings. The van der Waals surface area contributed by atoms with Gasteiger partial charge in [0.1, 0.15) is 0 Å². The number of aryl methyl sites for hydroxylation is 1. The van der Waals surface area contributed by atoms with Crippen molar-refractivity contribution in [1.82, 2.24) is 4.98 Å². The van der Waals surface area contributed by atoms with Crippen molar-refractivity contribution in [3.63, 3.8) is 0 Å². The SMILES string of the molecule is C=C1C[C@H](COCCCC)CCc2cccnc21. The molecule has 2 nitrogen and oxygen atoms in total. The molecule has 0 amide bonds. The molecule has 0 saturated heterocycles. The molecule has 2 rings (SSSR count). The Morgan fingerprint density at radius 1 is 1.50 bits per heavy atom. The Morgan fingerprint density at radius 3 is 3.22 bits per heavy atom. The molecule has 0 unspecified atom stereocenters. The van der Waals surface area contributed by atoms with Gasteiger partial charge in [-0.25, -0.2) is 0 Å². The second kappa shape index (κ2) is 6.69. The Hall–Kier alpha value is -1.15. The van der Waals surface area contributed by atoms with Gasteiger partial charge in [0.05, 0.1) is 5.69 Å². The molecular formula is C16H23NO. The molecule has 18 heavy (non-hydrogen) atoms. The summed E-state index contributed by atoms with van der Waals surface area (Å²) in [6.07, 6.45) is 7.54. The number of rotatable bonds is 5. The molecule has 0 aliphatic heterocycles. The van der Waals surface area contributed by atoms with Gasteiger partial charge in [-0.15, -0.1) is 0 Å². The molecule has 1 atom stereocenters. The second-order valence-corrected chi connectivity index (χ2v) is 5.15. The lowest BCUT2D eigenvalue weighted by atomic mass is 9.99. The van der Waals surface area contributed by atoms with Gasteiger partial charge in [0.2, 0.25) is 0 Å². The molecule has 2 heteroatoms. The normalized spacial score (nSPS) is 19.4. The number of fused-ring (bicyclic) bond motifs is 1. The first-order chi connectivity index (χ1) is 8.81. The van der Waals surface area contributed by atoms with Crippen LogP contribution in [0.1, 0.15) is 43.9 Å². The van der Waals surface area contributed by atoms with E-state index >= 15 is 0 Å². The van der Waals surface area contributed by atoms with E-state index in [9.17, 15) is 0 Å². The molecule has 1 heterocycles. The van der Waals surface area contributed by atoms with E-state index in [2.05, 4.69) is 24.6 Å². The number of pyridine rings is 1. The Labute approximate surface area is 110 Å². The van der Waals surface area contributed by atoms with E-state index in [1.54, 1.807) is 0 Å². The van der Waals surface area contributed by atoms with Gasteiger partial charge in [0, 0.05) is 19.4 Å². The molecule has 0 fully saturated rings. The van der Waals surface area contributed by atoms with Crippen molar-refractivity contribution in [1.29, 1.82) is 0 Å². The molecule has 0 bridgehead atoms. The monoisotopic (exact) mass is 245 g/mol. The van der Waals surface area contributed by atoms with Crippen molar-refractivity contribution in [3.05, 3.63) is 36.2 Å². The van der Waals surface area contributed by atoms with E-state index in [1.165, 1.54) is 24.0 Å². The zero-order valence-corrected chi connectivity index (χ0v) is 11.3. The molecule has 0 radical (unpaired) electrons. The van der Waals surface area contributed by atoms with Crippen molar-refractivity contribution in [2.75, 3.05) is 13.2 Å². The highest BCUT2D eigenvalue weighted by Crippen LogP contribution is 2.30. The van der Waals surface area contributed by atoms with E-state index in [4.69, 9.17) is 4.74 Å². The molecule has 1 aliphatic rings. The van der Waals surface area contributed by atoms with E-state index in [1.807, 2.05) is 12.3 Å². The fourth-order valence-electron chi connectivity index (χ4n) is 2.50. The Morgan fingerprint density at radius 2 is 2.39 bits per heavy atom. The summed E-state index contributed by atoms with van der Waals surface area (Å²) in [5, 5.41) is 0. The fourth-order valence-corrected chi connectivity index (χ4v) is 2.50. The predicted octanol–water partition coefficient (Wildman–Crippen LogP) is 3.86. The second-order valence-electron chi connectivity index (χ2n) is 5.15. The summed E-state index contributed by atoms with van der Waals surface area (Å²) in [6, 6.07) is 4.19. The Kier molecular flexibility index (Phi) is 4.94. The third kappa shape index (κ3) is 3.42. The smallest absolute Gasteiger partial charge is 0.0687 e. The van der Waals surface area contributed by atoms with Crippen molar-refractivity contribution in [2.45, 2.75) is 39.0 Å². The quantitative estimate of drug-likeness (QED) is 0.580. The summed E-state index contributed by atoms with van der Waals surface area (Å²) in [5.74, 6) is 0.601. The molecule has 1 aromatic heterocycles. The number of hydrogen-bond acceptors (Lipinski definition) is 2. The number of nitrogens with zero attached hydrogens (tertiary/aromatic N) is 1. The lowest BCUT2D eigenvalue weighted by molar-refractivity contribution is 0.0960. The Balaban J connectivity index is 1.90. The largest absolute Gasteiger partial charge is 0.381 e. The minimum absolute atomic E-state index is 0.601. The highest BCUT2D eigenvalue weighted by Gasteiger charge is 2.19. The van der Waals surface area contributed by atoms with Gasteiger partial charge in [-0.1, -0.05) is 26.0 Å². The Bertz CT molecular complexity index is 400. The van der Waals surface area contributed by atoms with Gasteiger partial charge in [-0.3, -0.25) is 4.98 Å². The highest BCUT2D eigenvalue weighted by molar-refractivity contribution is 5.63. The van der Waals surface area contributed by atoms with Gasteiger partial charge in [-0.05, 0) is 48.8 Å². The van der Waals surface area contributed by atoms with Gasteiger partial charge in [-0.2, -0.15) is 0 Å². The molecule has 0 aromatic carbocycles. The van der Waals surface area contributed by atoms with E-state index in [0.717, 1.165) is 38.2 Å². The van der Waals surface area contributed by atoms with Crippen LogP contribution in [0.15, 0.2) is 24.9 Å². The van der Waals surface area contributed by atoms with Crippen molar-refractivity contribution >= 4 is 5.57 Å². The minimum atomic E-state index is 0.601. The van der Waals surface area contributed by atoms with Gasteiger partial charge >= 0.3 is 0 Å². The van der Waals surface area contributed by atoms with E-state index in [-0.39, 0.29) is 0 Å². The zero-order valence-electron chi connectivity index (χ0n) is 11.3. The average Bonchev–Trinajstić information content (AvgIpc) is 2.55. The van der Waals surface area contributed by atoms with Crippen molar-refractivity contribution in [3.8, 4) is 0 Å². The van der Waals surface area contributed by atoms with Gasteiger partial charge in [0.25, 0.3) is 0 Å². The highest BCUT2D eigenvalue weighted by atomic mass is 16.5. The van der Waals surface area contributed by atoms with Crippen LogP contribution in [0, 0.1) is 5.92 Å². The van der Waals surface area contributed by atoms with Crippen LogP contribution >= 0.6 is 0 Å². The fraction of sp³-hybridized carbons (Fsp3) is 0.562. The zero-order chi connectivity index (χ0) is 12.8. The topological polar surface area (TPSA) is 22.1 Å². The molecule has 1 aliphatic carbocycles. The van der Waals surface area contributed by atoms with Crippen LogP contribution in [0.5, 0.6) is 0 Å². The van der Waals surface area contributed by atoms with Crippen LogP contribution in [0.4, 0.5) is 0 Å². The maximum Gasteiger partial charge on any atom is 0.0687 e. The number of hydrogen-bond donors (Lipinski definition) is 0. The van der Waals surface area contributed by atoms with Crippen molar-refractivity contribution < 1.29 is 4.74 Å². The first kappa shape index (κ1) is 13.3. The maximum atomic E-state index is 5.75. The summed E-state index contributed by atoms with van der Waals surface area (Å²) in [4.78, 5) is 4.46. The van der Waals surface area contributed by atoms with Crippen LogP contribution in [-0.2, 0) is 11.2 Å². The van der Waals surface area contributed by atoms with Gasteiger partial charge in [0.15, 0.2) is 0 Å². The first-order valence-electron chi connectivity index (χ1n) is 7.01. The standard InChI is InChI=1S/C16H23NO/c1-3-4-10-18-12-14-7-8-15-6-5-9-17-16(15)13(2)11-14/h5-6,9,14H,2-4,7-8,10-12H2,1H3/t14-/m1/s1. The molecule has 0 N–H and O–H groups in total. The number of unbranched alkanes of at least 4 members (excludes halogenated alkanes) is 1.